The normalized spacial score (nSPS) is 19.6. The lowest BCUT2D eigenvalue weighted by molar-refractivity contribution is 0.436. The molecule has 10 rings (SSSR count). The summed E-state index contributed by atoms with van der Waals surface area (Å²) in [5, 5.41) is 1.42. The molecule has 0 atom stereocenters. The molecule has 0 bridgehead atoms. The van der Waals surface area contributed by atoms with Crippen molar-refractivity contribution in [3.63, 3.8) is 0 Å². The fraction of sp³-hybridized carbons (Fsp3) is 0.0233. The highest BCUT2D eigenvalue weighted by atomic mass is 16.5. The second kappa shape index (κ2) is 9.07. The maximum absolute atomic E-state index is 10.2. The van der Waals surface area contributed by atoms with Crippen LogP contribution >= 0.6 is 0 Å². The van der Waals surface area contributed by atoms with Gasteiger partial charge in [-0.15, -0.1) is 0 Å². The minimum Gasteiger partial charge on any atom is -0.457 e. The molecule has 2 heteroatoms. The van der Waals surface area contributed by atoms with Crippen molar-refractivity contribution in [3.8, 4) is 44.9 Å². The summed E-state index contributed by atoms with van der Waals surface area (Å²) in [6.07, 6.45) is 0. The first-order valence-electron chi connectivity index (χ1n) is 23.4. The average Bonchev–Trinajstić information content (AvgIpc) is 3.81. The Morgan fingerprint density at radius 2 is 1.07 bits per heavy atom. The number of para-hydroxylation sites is 2. The van der Waals surface area contributed by atoms with Gasteiger partial charge in [0.1, 0.15) is 22.7 Å². The molecule has 210 valence electrons. The zero-order chi connectivity index (χ0) is 46.1. The van der Waals surface area contributed by atoms with Gasteiger partial charge in [0, 0.05) is 21.9 Å². The molecule has 0 unspecified atom stereocenters. The molecule has 7 aromatic carbocycles. The highest BCUT2D eigenvalue weighted by Crippen LogP contribution is 2.62. The first kappa shape index (κ1) is 12.6. The van der Waals surface area contributed by atoms with Gasteiger partial charge in [0.05, 0.1) is 31.5 Å². The Kier molecular flexibility index (Phi) is 2.55. The Hall–Kier alpha value is -5.86. The molecule has 1 spiro atoms. The van der Waals surface area contributed by atoms with Crippen LogP contribution in [-0.2, 0) is 5.41 Å². The molecule has 2 aliphatic rings. The Labute approximate surface area is 287 Å². The lowest BCUT2D eigenvalue weighted by Gasteiger charge is -2.39. The second-order valence-corrected chi connectivity index (χ2v) is 10.6. The van der Waals surface area contributed by atoms with E-state index in [0.29, 0.717) is 16.6 Å². The van der Waals surface area contributed by atoms with E-state index in [-0.39, 0.29) is 11.1 Å². The Morgan fingerprint density at radius 1 is 0.467 bits per heavy atom. The number of hydrogen-bond acceptors (Lipinski definition) is 2. The number of benzene rings is 7. The van der Waals surface area contributed by atoms with Crippen LogP contribution in [0.15, 0.2) is 162 Å². The third kappa shape index (κ3) is 3.29. The average molecular weight is 594 g/mol. The smallest absolute Gasteiger partial charge is 0.136 e. The van der Waals surface area contributed by atoms with E-state index in [0.717, 1.165) is 5.39 Å². The number of ether oxygens (including phenoxy) is 1. The Balaban J connectivity index is 1.45. The molecule has 0 amide bonds. The molecular formula is C43H26O2. The number of furan rings is 1. The number of hydrogen-bond donors (Lipinski definition) is 0. The van der Waals surface area contributed by atoms with E-state index in [9.17, 15) is 11.0 Å². The third-order valence-electron chi connectivity index (χ3n) is 8.37. The lowest BCUT2D eigenvalue weighted by Crippen LogP contribution is -2.32. The van der Waals surface area contributed by atoms with E-state index in [1.807, 2.05) is 12.1 Å². The van der Waals surface area contributed by atoms with Gasteiger partial charge in [-0.05, 0) is 80.8 Å². The van der Waals surface area contributed by atoms with Crippen LogP contribution in [0.25, 0.3) is 55.3 Å². The first-order valence-corrected chi connectivity index (χ1v) is 13.9. The molecule has 8 aromatic rings. The van der Waals surface area contributed by atoms with Crippen molar-refractivity contribution in [1.29, 1.82) is 0 Å². The summed E-state index contributed by atoms with van der Waals surface area (Å²) >= 11 is 0. The maximum atomic E-state index is 10.2. The van der Waals surface area contributed by atoms with Gasteiger partial charge < -0.3 is 9.15 Å². The summed E-state index contributed by atoms with van der Waals surface area (Å²) in [6.45, 7) is 0. The summed E-state index contributed by atoms with van der Waals surface area (Å²) < 4.78 is 186. The van der Waals surface area contributed by atoms with Crippen molar-refractivity contribution in [1.82, 2.24) is 0 Å². The van der Waals surface area contributed by atoms with Crippen LogP contribution in [0.1, 0.15) is 48.3 Å². The van der Waals surface area contributed by atoms with Gasteiger partial charge in [-0.3, -0.25) is 0 Å². The number of fused-ring (bicyclic) bond motifs is 12. The predicted molar refractivity (Wildman–Crippen MR) is 182 cm³/mol. The van der Waals surface area contributed by atoms with Gasteiger partial charge >= 0.3 is 0 Å². The molecule has 1 aliphatic heterocycles. The summed E-state index contributed by atoms with van der Waals surface area (Å²) in [6, 6.07) is -3.68. The molecule has 0 saturated heterocycles. The number of rotatable bonds is 2. The summed E-state index contributed by atoms with van der Waals surface area (Å²) in [5.41, 5.74) is -6.44. The topological polar surface area (TPSA) is 22.4 Å². The van der Waals surface area contributed by atoms with Crippen molar-refractivity contribution in [2.75, 3.05) is 0 Å². The molecule has 0 radical (unpaired) electrons. The van der Waals surface area contributed by atoms with Crippen molar-refractivity contribution in [3.05, 3.63) is 180 Å². The summed E-state index contributed by atoms with van der Waals surface area (Å²) in [5.74, 6) is -1.44. The van der Waals surface area contributed by atoms with Crippen molar-refractivity contribution >= 4 is 21.9 Å². The highest BCUT2D eigenvalue weighted by Gasteiger charge is 2.51. The van der Waals surface area contributed by atoms with Gasteiger partial charge in [-0.2, -0.15) is 0 Å². The standard InChI is InChI=1S/C43H26O2/c1-2-12-30(28-21-23-34-33-15-5-9-19-39(33)44-42(34)26-28)29(11-1)27-22-24-41-38(25-27)43(37-18-8-10-20-40(37)45-41)35-16-6-3-13-31(35)32-14-4-7-17-36(32)43/h1-26H/i1D,2D,3D,4D,6D,7D,8D,10D,11D,12D,13D,14D,16D,17D,18D,20D,22D,24D,25D. The van der Waals surface area contributed by atoms with Crippen molar-refractivity contribution in [2.45, 2.75) is 5.41 Å². The molecule has 2 heterocycles. The van der Waals surface area contributed by atoms with Crippen LogP contribution < -0.4 is 4.74 Å². The largest absolute Gasteiger partial charge is 0.457 e. The SMILES string of the molecule is [2H]c1c([2H])c([2H])c2c(c1[2H])Oc1c([2H])c([2H])c(-c3c([2H])c([2H])c([2H])c([2H])c3-c3ccc4c(c3)oc3ccccc34)c([2H])c1C21c2c([2H])c([2H])c([2H])c([2H])c2-c2c([2H])c([2H])c([2H])c([2H])c21. The predicted octanol–water partition coefficient (Wildman–Crippen LogP) is 11.4. The van der Waals surface area contributed by atoms with Crippen LogP contribution in [0, 0.1) is 0 Å². The molecule has 45 heavy (non-hydrogen) atoms. The minimum absolute atomic E-state index is 0.141. The third-order valence-corrected chi connectivity index (χ3v) is 8.37. The summed E-state index contributed by atoms with van der Waals surface area (Å²) in [7, 11) is 0. The van der Waals surface area contributed by atoms with Gasteiger partial charge in [-0.25, -0.2) is 0 Å². The highest BCUT2D eigenvalue weighted by molar-refractivity contribution is 6.06. The van der Waals surface area contributed by atoms with E-state index in [2.05, 4.69) is 0 Å². The van der Waals surface area contributed by atoms with E-state index in [4.69, 9.17) is 24.2 Å². The minimum atomic E-state index is -2.76. The molecular weight excluding hydrogens is 548 g/mol. The van der Waals surface area contributed by atoms with Crippen LogP contribution in [0.3, 0.4) is 0 Å². The van der Waals surface area contributed by atoms with Gasteiger partial charge in [0.15, 0.2) is 0 Å². The zero-order valence-electron chi connectivity index (χ0n) is 41.9. The Morgan fingerprint density at radius 3 is 1.84 bits per heavy atom. The van der Waals surface area contributed by atoms with Crippen LogP contribution in [0.5, 0.6) is 11.5 Å². The molecule has 0 saturated carbocycles. The monoisotopic (exact) mass is 593 g/mol. The van der Waals surface area contributed by atoms with Crippen LogP contribution in [0.4, 0.5) is 0 Å². The van der Waals surface area contributed by atoms with Crippen LogP contribution in [0.2, 0.25) is 0 Å². The quantitative estimate of drug-likeness (QED) is 0.199. The van der Waals surface area contributed by atoms with Crippen LogP contribution in [-0.4, -0.2) is 0 Å². The molecule has 0 fully saturated rings. The molecule has 1 aliphatic carbocycles. The Bertz CT molecular complexity index is 3470. The van der Waals surface area contributed by atoms with Crippen molar-refractivity contribution in [2.24, 2.45) is 0 Å². The lowest BCUT2D eigenvalue weighted by atomic mass is 9.65. The fourth-order valence-electron chi connectivity index (χ4n) is 6.51. The van der Waals surface area contributed by atoms with E-state index in [1.165, 1.54) is 6.07 Å². The first-order chi connectivity index (χ1) is 30.2. The zero-order valence-corrected chi connectivity index (χ0v) is 22.9. The van der Waals surface area contributed by atoms with E-state index >= 15 is 0 Å². The van der Waals surface area contributed by atoms with Gasteiger partial charge in [-0.1, -0.05) is 121 Å². The molecule has 2 nitrogen and oxygen atoms in total. The van der Waals surface area contributed by atoms with E-state index in [1.54, 1.807) is 24.3 Å². The van der Waals surface area contributed by atoms with Gasteiger partial charge in [0.25, 0.3) is 0 Å². The maximum Gasteiger partial charge on any atom is 0.136 e. The van der Waals surface area contributed by atoms with Gasteiger partial charge in [0.2, 0.25) is 0 Å². The fourth-order valence-corrected chi connectivity index (χ4v) is 6.51. The molecule has 0 N–H and O–H groups in total. The second-order valence-electron chi connectivity index (χ2n) is 10.6. The van der Waals surface area contributed by atoms with Crippen molar-refractivity contribution < 1.29 is 35.2 Å². The summed E-state index contributed by atoms with van der Waals surface area (Å²) in [4.78, 5) is 0. The molecule has 1 aromatic heterocycles. The van der Waals surface area contributed by atoms with E-state index < -0.39 is 176 Å².